The molecule has 2 aliphatic rings. The number of piperazine rings is 1. The fourth-order valence-electron chi connectivity index (χ4n) is 4.45. The number of carbonyl (C=O) groups excluding carboxylic acids is 1. The Balaban J connectivity index is 1.20. The smallest absolute Gasteiger partial charge is 0.279 e. The largest absolute Gasteiger partial charge is 0.431 e. The first-order chi connectivity index (χ1) is 14.2. The van der Waals surface area contributed by atoms with Gasteiger partial charge < -0.3 is 14.7 Å². The van der Waals surface area contributed by atoms with E-state index in [1.807, 2.05) is 35.2 Å². The minimum absolute atomic E-state index is 0.142. The summed E-state index contributed by atoms with van der Waals surface area (Å²) in [6, 6.07) is 16.9. The first-order valence-corrected chi connectivity index (χ1v) is 10.8. The normalized spacial score (nSPS) is 21.2. The molecular weight excluding hydrogens is 386 g/mol. The molecule has 1 N–H and O–H groups in total. The van der Waals surface area contributed by atoms with Crippen molar-refractivity contribution in [3.05, 3.63) is 54.1 Å². The van der Waals surface area contributed by atoms with Crippen LogP contribution in [0.25, 0.3) is 10.2 Å². The van der Waals surface area contributed by atoms with Crippen LogP contribution in [0, 0.1) is 0 Å². The van der Waals surface area contributed by atoms with Crippen molar-refractivity contribution in [3.8, 4) is 10.9 Å². The van der Waals surface area contributed by atoms with E-state index in [0.29, 0.717) is 11.2 Å². The molecular formula is C22H23N3O3S. The molecule has 0 unspecified atom stereocenters. The molecule has 3 heterocycles. The standard InChI is InChI=1S/C22H23N3O3S/c26-14-21(27)25-13-16-11-17(25)12-24(16)9-8-15-4-3-5-18(10-15)28-22-23-19-6-1-2-7-20(19)29-22/h1-7,10,16-17,26H,8-9,11-14H2/t16-,17-/m0/s1. The highest BCUT2D eigenvalue weighted by atomic mass is 32.1. The number of ether oxygens (including phenoxy) is 1. The first-order valence-electron chi connectivity index (χ1n) is 9.96. The summed E-state index contributed by atoms with van der Waals surface area (Å²) in [6.45, 7) is 2.22. The maximum atomic E-state index is 11.8. The lowest BCUT2D eigenvalue weighted by molar-refractivity contribution is -0.136. The zero-order valence-electron chi connectivity index (χ0n) is 16.0. The maximum Gasteiger partial charge on any atom is 0.279 e. The fourth-order valence-corrected chi connectivity index (χ4v) is 5.29. The number of aliphatic hydroxyl groups is 1. The Labute approximate surface area is 173 Å². The summed E-state index contributed by atoms with van der Waals surface area (Å²) < 4.78 is 7.13. The van der Waals surface area contributed by atoms with Crippen LogP contribution in [-0.4, -0.2) is 64.1 Å². The van der Waals surface area contributed by atoms with Crippen molar-refractivity contribution in [2.24, 2.45) is 0 Å². The number of likely N-dealkylation sites (tertiary alicyclic amines) is 2. The Bertz CT molecular complexity index is 1000. The fraction of sp³-hybridized carbons (Fsp3) is 0.364. The average molecular weight is 410 g/mol. The molecule has 0 aliphatic carbocycles. The number of aromatic nitrogens is 1. The van der Waals surface area contributed by atoms with Gasteiger partial charge in [0.2, 0.25) is 5.91 Å². The molecule has 1 amide bonds. The van der Waals surface area contributed by atoms with Gasteiger partial charge in [-0.15, -0.1) is 0 Å². The highest BCUT2D eigenvalue weighted by Gasteiger charge is 2.44. The van der Waals surface area contributed by atoms with E-state index in [1.54, 1.807) is 11.3 Å². The molecule has 29 heavy (non-hydrogen) atoms. The van der Waals surface area contributed by atoms with Crippen molar-refractivity contribution in [1.82, 2.24) is 14.8 Å². The first kappa shape index (κ1) is 18.5. The van der Waals surface area contributed by atoms with Crippen LogP contribution < -0.4 is 4.74 Å². The van der Waals surface area contributed by atoms with Gasteiger partial charge in [-0.2, -0.15) is 0 Å². The van der Waals surface area contributed by atoms with Gasteiger partial charge in [0.15, 0.2) is 0 Å². The summed E-state index contributed by atoms with van der Waals surface area (Å²) in [5.41, 5.74) is 2.19. The van der Waals surface area contributed by atoms with Crippen LogP contribution in [0.5, 0.6) is 10.9 Å². The Morgan fingerprint density at radius 3 is 2.86 bits per heavy atom. The maximum absolute atomic E-state index is 11.8. The van der Waals surface area contributed by atoms with Crippen molar-refractivity contribution >= 4 is 27.5 Å². The highest BCUT2D eigenvalue weighted by molar-refractivity contribution is 7.20. The molecule has 2 aliphatic heterocycles. The van der Waals surface area contributed by atoms with Gasteiger partial charge in [-0.25, -0.2) is 4.98 Å². The molecule has 5 rings (SSSR count). The Kier molecular flexibility index (Phi) is 4.95. The second kappa shape index (κ2) is 7.74. The number of carbonyl (C=O) groups is 1. The van der Waals surface area contributed by atoms with Crippen molar-refractivity contribution in [2.75, 3.05) is 26.2 Å². The van der Waals surface area contributed by atoms with Crippen LogP contribution in [0.15, 0.2) is 48.5 Å². The van der Waals surface area contributed by atoms with Crippen LogP contribution in [-0.2, 0) is 11.2 Å². The third-order valence-corrected chi connectivity index (χ3v) is 6.79. The second-order valence-corrected chi connectivity index (χ2v) is 8.68. The van der Waals surface area contributed by atoms with Gasteiger partial charge in [0.25, 0.3) is 5.19 Å². The lowest BCUT2D eigenvalue weighted by Gasteiger charge is -2.34. The number of hydrogen-bond acceptors (Lipinski definition) is 6. The molecule has 0 radical (unpaired) electrons. The summed E-state index contributed by atoms with van der Waals surface area (Å²) in [5.74, 6) is 0.668. The van der Waals surface area contributed by atoms with E-state index < -0.39 is 0 Å². The van der Waals surface area contributed by atoms with E-state index in [-0.39, 0.29) is 18.6 Å². The van der Waals surface area contributed by atoms with Gasteiger partial charge in [0, 0.05) is 31.7 Å². The molecule has 0 saturated carbocycles. The van der Waals surface area contributed by atoms with E-state index >= 15 is 0 Å². The van der Waals surface area contributed by atoms with Gasteiger partial charge >= 0.3 is 0 Å². The monoisotopic (exact) mass is 409 g/mol. The Morgan fingerprint density at radius 2 is 2.07 bits per heavy atom. The molecule has 0 spiro atoms. The second-order valence-electron chi connectivity index (χ2n) is 7.69. The van der Waals surface area contributed by atoms with Gasteiger partial charge in [-0.05, 0) is 42.7 Å². The van der Waals surface area contributed by atoms with Crippen molar-refractivity contribution in [2.45, 2.75) is 24.9 Å². The summed E-state index contributed by atoms with van der Waals surface area (Å²) in [7, 11) is 0. The zero-order valence-corrected chi connectivity index (χ0v) is 16.8. The van der Waals surface area contributed by atoms with E-state index in [0.717, 1.165) is 48.4 Å². The molecule has 2 aromatic carbocycles. The molecule has 1 aromatic heterocycles. The molecule has 7 heteroatoms. The van der Waals surface area contributed by atoms with Crippen molar-refractivity contribution in [3.63, 3.8) is 0 Å². The predicted octanol–water partition coefficient (Wildman–Crippen LogP) is 2.91. The quantitative estimate of drug-likeness (QED) is 0.678. The number of benzene rings is 2. The van der Waals surface area contributed by atoms with Gasteiger partial charge in [0.05, 0.1) is 10.2 Å². The molecule has 2 fully saturated rings. The molecule has 2 atom stereocenters. The highest BCUT2D eigenvalue weighted by Crippen LogP contribution is 2.32. The molecule has 150 valence electrons. The molecule has 3 aromatic rings. The number of aliphatic hydroxyl groups excluding tert-OH is 1. The topological polar surface area (TPSA) is 65.9 Å². The SMILES string of the molecule is O=C(CO)N1C[C@@H]2C[C@H]1CN2CCc1cccc(Oc2nc3ccccc3s2)c1. The van der Waals surface area contributed by atoms with Crippen LogP contribution >= 0.6 is 11.3 Å². The lowest BCUT2D eigenvalue weighted by atomic mass is 10.1. The predicted molar refractivity (Wildman–Crippen MR) is 112 cm³/mol. The summed E-state index contributed by atoms with van der Waals surface area (Å²) >= 11 is 1.55. The summed E-state index contributed by atoms with van der Waals surface area (Å²) in [6.07, 6.45) is 1.96. The third-order valence-electron chi connectivity index (χ3n) is 5.88. The molecule has 6 nitrogen and oxygen atoms in total. The van der Waals surface area contributed by atoms with Gasteiger partial charge in [-0.1, -0.05) is 35.6 Å². The molecule has 2 saturated heterocycles. The van der Waals surface area contributed by atoms with Crippen molar-refractivity contribution in [1.29, 1.82) is 0 Å². The number of amides is 1. The minimum atomic E-state index is -0.384. The van der Waals surface area contributed by atoms with Crippen LogP contribution in [0.4, 0.5) is 0 Å². The van der Waals surface area contributed by atoms with Gasteiger partial charge in [-0.3, -0.25) is 9.69 Å². The van der Waals surface area contributed by atoms with Crippen LogP contribution in [0.1, 0.15) is 12.0 Å². The van der Waals surface area contributed by atoms with E-state index in [4.69, 9.17) is 9.84 Å². The minimum Gasteiger partial charge on any atom is -0.431 e. The number of thiazole rings is 1. The summed E-state index contributed by atoms with van der Waals surface area (Å²) in [5, 5.41) is 9.75. The number of rotatable bonds is 6. The zero-order chi connectivity index (χ0) is 19.8. The number of hydrogen-bond donors (Lipinski definition) is 1. The van der Waals surface area contributed by atoms with E-state index in [9.17, 15) is 4.79 Å². The third kappa shape index (κ3) is 3.73. The van der Waals surface area contributed by atoms with Crippen molar-refractivity contribution < 1.29 is 14.6 Å². The number of para-hydroxylation sites is 1. The lowest BCUT2D eigenvalue weighted by Crippen LogP contribution is -2.49. The summed E-state index contributed by atoms with van der Waals surface area (Å²) in [4.78, 5) is 20.6. The van der Waals surface area contributed by atoms with Gasteiger partial charge in [0.1, 0.15) is 12.4 Å². The Morgan fingerprint density at radius 1 is 1.17 bits per heavy atom. The Hall–Kier alpha value is -2.48. The number of fused-ring (bicyclic) bond motifs is 3. The number of nitrogens with zero attached hydrogens (tertiary/aromatic N) is 3. The van der Waals surface area contributed by atoms with Crippen LogP contribution in [0.3, 0.4) is 0 Å². The molecule has 2 bridgehead atoms. The average Bonchev–Trinajstić information content (AvgIpc) is 3.45. The van der Waals surface area contributed by atoms with E-state index in [2.05, 4.69) is 28.1 Å². The van der Waals surface area contributed by atoms with Crippen LogP contribution in [0.2, 0.25) is 0 Å². The van der Waals surface area contributed by atoms with E-state index in [1.165, 1.54) is 5.56 Å².